The van der Waals surface area contributed by atoms with Crippen molar-refractivity contribution in [3.8, 4) is 0 Å². The molecule has 0 fully saturated rings. The highest BCUT2D eigenvalue weighted by molar-refractivity contribution is 5.75. The van der Waals surface area contributed by atoms with E-state index in [4.69, 9.17) is 0 Å². The van der Waals surface area contributed by atoms with Crippen molar-refractivity contribution >= 4 is 5.57 Å². The van der Waals surface area contributed by atoms with E-state index in [2.05, 4.69) is 55.5 Å². The molecule has 0 bridgehead atoms. The zero-order valence-electron chi connectivity index (χ0n) is 14.8. The smallest absolute Gasteiger partial charge is 0.0520 e. The third kappa shape index (κ3) is 5.66. The van der Waals surface area contributed by atoms with Crippen molar-refractivity contribution < 1.29 is 5.11 Å². The molecule has 1 aliphatic rings. The second kappa shape index (κ2) is 9.08. The maximum atomic E-state index is 9.94. The van der Waals surface area contributed by atoms with Gasteiger partial charge in [0.2, 0.25) is 0 Å². The van der Waals surface area contributed by atoms with Gasteiger partial charge in [0.1, 0.15) is 0 Å². The summed E-state index contributed by atoms with van der Waals surface area (Å²) in [5, 5.41) is 9.94. The molecule has 1 aromatic carbocycles. The summed E-state index contributed by atoms with van der Waals surface area (Å²) >= 11 is 0. The van der Waals surface area contributed by atoms with E-state index in [1.165, 1.54) is 49.7 Å². The van der Waals surface area contributed by atoms with E-state index in [9.17, 15) is 5.11 Å². The van der Waals surface area contributed by atoms with Crippen LogP contribution in [-0.2, 0) is 0 Å². The molecular formula is C22H32O. The summed E-state index contributed by atoms with van der Waals surface area (Å²) in [5.41, 5.74) is 2.76. The molecule has 0 spiro atoms. The highest BCUT2D eigenvalue weighted by atomic mass is 16.3. The van der Waals surface area contributed by atoms with Gasteiger partial charge in [-0.15, -0.1) is 0 Å². The van der Waals surface area contributed by atoms with Crippen LogP contribution in [0, 0.1) is 5.41 Å². The van der Waals surface area contributed by atoms with Crippen LogP contribution >= 0.6 is 0 Å². The topological polar surface area (TPSA) is 20.2 Å². The first-order chi connectivity index (χ1) is 11.2. The molecule has 2 unspecified atom stereocenters. The number of benzene rings is 1. The number of aliphatic hydroxyl groups excluding tert-OH is 1. The Hall–Kier alpha value is -1.34. The molecule has 2 rings (SSSR count). The normalized spacial score (nSPS) is 22.0. The lowest BCUT2D eigenvalue weighted by Gasteiger charge is -2.34. The van der Waals surface area contributed by atoms with Crippen LogP contribution in [0.3, 0.4) is 0 Å². The Kier molecular flexibility index (Phi) is 7.11. The molecule has 0 radical (unpaired) electrons. The van der Waals surface area contributed by atoms with Crippen LogP contribution in [0.5, 0.6) is 0 Å². The molecule has 0 saturated heterocycles. The fourth-order valence-electron chi connectivity index (χ4n) is 3.67. The maximum absolute atomic E-state index is 9.94. The monoisotopic (exact) mass is 312 g/mol. The van der Waals surface area contributed by atoms with Crippen molar-refractivity contribution in [2.75, 3.05) is 0 Å². The number of unbranched alkanes of at least 4 members (excludes halogenated alkanes) is 4. The maximum Gasteiger partial charge on any atom is 0.0520 e. The van der Waals surface area contributed by atoms with E-state index in [1.807, 2.05) is 6.92 Å². The summed E-state index contributed by atoms with van der Waals surface area (Å²) in [6, 6.07) is 10.6. The van der Waals surface area contributed by atoms with Gasteiger partial charge in [-0.2, -0.15) is 0 Å². The van der Waals surface area contributed by atoms with Gasteiger partial charge in [0, 0.05) is 0 Å². The number of hydrogen-bond donors (Lipinski definition) is 1. The lowest BCUT2D eigenvalue weighted by molar-refractivity contribution is 0.128. The molecule has 0 saturated carbocycles. The highest BCUT2D eigenvalue weighted by Gasteiger charge is 2.29. The average molecular weight is 312 g/mol. The number of aliphatic hydroxyl groups is 1. The van der Waals surface area contributed by atoms with E-state index < -0.39 is 0 Å². The predicted molar refractivity (Wildman–Crippen MR) is 100 cm³/mol. The molecule has 0 heterocycles. The first kappa shape index (κ1) is 18.0. The van der Waals surface area contributed by atoms with Gasteiger partial charge in [-0.25, -0.2) is 0 Å². The van der Waals surface area contributed by atoms with Crippen LogP contribution in [-0.4, -0.2) is 11.2 Å². The van der Waals surface area contributed by atoms with E-state index in [0.717, 1.165) is 12.8 Å². The standard InChI is InChI=1S/C22H32O/c1-3-4-5-6-10-15-22(18-19(2)23)16-13-21(14-17-22)20-11-8-7-9-12-20/h7-9,11-14,16,19,23H,3-6,10,15,17-18H2,1-2H3. The molecule has 0 aliphatic heterocycles. The van der Waals surface area contributed by atoms with Gasteiger partial charge in [-0.05, 0) is 42.7 Å². The Morgan fingerprint density at radius 2 is 1.83 bits per heavy atom. The van der Waals surface area contributed by atoms with Crippen LogP contribution < -0.4 is 0 Å². The van der Waals surface area contributed by atoms with Crippen molar-refractivity contribution in [1.82, 2.24) is 0 Å². The summed E-state index contributed by atoms with van der Waals surface area (Å²) in [6.07, 6.45) is 16.5. The molecule has 1 aromatic rings. The molecule has 1 nitrogen and oxygen atoms in total. The number of hydrogen-bond acceptors (Lipinski definition) is 1. The molecule has 0 amide bonds. The van der Waals surface area contributed by atoms with Crippen LogP contribution in [0.25, 0.3) is 5.57 Å². The average Bonchev–Trinajstić information content (AvgIpc) is 2.56. The van der Waals surface area contributed by atoms with Gasteiger partial charge in [0.15, 0.2) is 0 Å². The quantitative estimate of drug-likeness (QED) is 0.542. The van der Waals surface area contributed by atoms with Gasteiger partial charge in [0.25, 0.3) is 0 Å². The predicted octanol–water partition coefficient (Wildman–Crippen LogP) is 6.15. The molecule has 2 atom stereocenters. The molecule has 1 N–H and O–H groups in total. The summed E-state index contributed by atoms with van der Waals surface area (Å²) in [4.78, 5) is 0. The molecule has 1 heteroatoms. The molecule has 126 valence electrons. The fourth-order valence-corrected chi connectivity index (χ4v) is 3.67. The summed E-state index contributed by atoms with van der Waals surface area (Å²) in [7, 11) is 0. The van der Waals surface area contributed by atoms with Crippen molar-refractivity contribution in [3.63, 3.8) is 0 Å². The van der Waals surface area contributed by atoms with Gasteiger partial charge >= 0.3 is 0 Å². The largest absolute Gasteiger partial charge is 0.393 e. The van der Waals surface area contributed by atoms with Gasteiger partial charge < -0.3 is 5.11 Å². The van der Waals surface area contributed by atoms with Crippen LogP contribution in [0.15, 0.2) is 48.6 Å². The van der Waals surface area contributed by atoms with Gasteiger partial charge in [-0.3, -0.25) is 0 Å². The van der Waals surface area contributed by atoms with Crippen molar-refractivity contribution in [1.29, 1.82) is 0 Å². The van der Waals surface area contributed by atoms with E-state index in [1.54, 1.807) is 0 Å². The van der Waals surface area contributed by atoms with Crippen LogP contribution in [0.1, 0.15) is 70.8 Å². The molecular weight excluding hydrogens is 280 g/mol. The summed E-state index contributed by atoms with van der Waals surface area (Å²) < 4.78 is 0. The van der Waals surface area contributed by atoms with E-state index in [-0.39, 0.29) is 11.5 Å². The minimum absolute atomic E-state index is 0.151. The van der Waals surface area contributed by atoms with Crippen LogP contribution in [0.4, 0.5) is 0 Å². The molecule has 1 aliphatic carbocycles. The second-order valence-electron chi connectivity index (χ2n) is 7.14. The van der Waals surface area contributed by atoms with E-state index in [0.29, 0.717) is 0 Å². The first-order valence-electron chi connectivity index (χ1n) is 9.28. The Morgan fingerprint density at radius 3 is 2.43 bits per heavy atom. The third-order valence-electron chi connectivity index (χ3n) is 4.93. The van der Waals surface area contributed by atoms with E-state index >= 15 is 0 Å². The van der Waals surface area contributed by atoms with Crippen molar-refractivity contribution in [2.24, 2.45) is 5.41 Å². The fraction of sp³-hybridized carbons (Fsp3) is 0.545. The SMILES string of the molecule is CCCCCCCC1(CC(C)O)C=CC(c2ccccc2)=CC1. The number of allylic oxidation sites excluding steroid dienone is 4. The summed E-state index contributed by atoms with van der Waals surface area (Å²) in [6.45, 7) is 4.18. The second-order valence-corrected chi connectivity index (χ2v) is 7.14. The Labute approximate surface area is 142 Å². The molecule has 0 aromatic heterocycles. The zero-order valence-corrected chi connectivity index (χ0v) is 14.8. The first-order valence-corrected chi connectivity index (χ1v) is 9.28. The third-order valence-corrected chi connectivity index (χ3v) is 4.93. The Bertz CT molecular complexity index is 512. The number of rotatable bonds is 9. The molecule has 23 heavy (non-hydrogen) atoms. The van der Waals surface area contributed by atoms with Gasteiger partial charge in [0.05, 0.1) is 6.10 Å². The van der Waals surface area contributed by atoms with Crippen molar-refractivity contribution in [2.45, 2.75) is 71.3 Å². The van der Waals surface area contributed by atoms with Gasteiger partial charge in [-0.1, -0.05) is 87.6 Å². The Morgan fingerprint density at radius 1 is 1.09 bits per heavy atom. The van der Waals surface area contributed by atoms with Crippen LogP contribution in [0.2, 0.25) is 0 Å². The minimum Gasteiger partial charge on any atom is -0.393 e. The zero-order chi connectivity index (χ0) is 16.5. The minimum atomic E-state index is -0.234. The lowest BCUT2D eigenvalue weighted by Crippen LogP contribution is -2.24. The highest BCUT2D eigenvalue weighted by Crippen LogP contribution is 2.41. The van der Waals surface area contributed by atoms with Crippen molar-refractivity contribution in [3.05, 3.63) is 54.1 Å². The Balaban J connectivity index is 1.98. The lowest BCUT2D eigenvalue weighted by atomic mass is 9.72. The summed E-state index contributed by atoms with van der Waals surface area (Å²) in [5.74, 6) is 0.